The molecule has 1 saturated carbocycles. The van der Waals surface area contributed by atoms with E-state index in [1.807, 2.05) is 19.1 Å². The number of benzene rings is 1. The van der Waals surface area contributed by atoms with Crippen molar-refractivity contribution in [3.05, 3.63) is 35.4 Å². The van der Waals surface area contributed by atoms with Gasteiger partial charge in [-0.1, -0.05) is 56.9 Å². The predicted octanol–water partition coefficient (Wildman–Crippen LogP) is 4.76. The molecular formula is C21H30O4. The quantitative estimate of drug-likeness (QED) is 0.528. The molecule has 1 atom stereocenters. The molecule has 4 heteroatoms. The molecule has 1 aromatic carbocycles. The van der Waals surface area contributed by atoms with Crippen LogP contribution < -0.4 is 0 Å². The van der Waals surface area contributed by atoms with Crippen LogP contribution in [0.15, 0.2) is 24.3 Å². The van der Waals surface area contributed by atoms with Crippen LogP contribution in [0.25, 0.3) is 0 Å². The van der Waals surface area contributed by atoms with E-state index in [4.69, 9.17) is 9.47 Å². The zero-order chi connectivity index (χ0) is 18.4. The molecule has 0 radical (unpaired) electrons. The summed E-state index contributed by atoms with van der Waals surface area (Å²) in [6, 6.07) is 8.22. The molecule has 0 saturated heterocycles. The Morgan fingerprint density at radius 3 is 2.28 bits per heavy atom. The molecule has 0 N–H and O–H groups in total. The number of ether oxygens (including phenoxy) is 2. The Kier molecular flexibility index (Phi) is 6.63. The summed E-state index contributed by atoms with van der Waals surface area (Å²) in [7, 11) is 0. The monoisotopic (exact) mass is 346 g/mol. The lowest BCUT2D eigenvalue weighted by Crippen LogP contribution is -2.35. The van der Waals surface area contributed by atoms with Gasteiger partial charge in [0, 0.05) is 20.3 Å². The van der Waals surface area contributed by atoms with Crippen molar-refractivity contribution in [3.63, 3.8) is 0 Å². The van der Waals surface area contributed by atoms with Gasteiger partial charge in [0.15, 0.2) is 0 Å². The van der Waals surface area contributed by atoms with Gasteiger partial charge in [0.2, 0.25) is 0 Å². The summed E-state index contributed by atoms with van der Waals surface area (Å²) in [5, 5.41) is 0. The van der Waals surface area contributed by atoms with Gasteiger partial charge in [0.1, 0.15) is 0 Å². The molecule has 1 aliphatic rings. The number of carbonyl (C=O) groups is 2. The Labute approximate surface area is 150 Å². The molecule has 0 bridgehead atoms. The third kappa shape index (κ3) is 5.87. The fourth-order valence-corrected chi connectivity index (χ4v) is 3.32. The average molecular weight is 346 g/mol. The van der Waals surface area contributed by atoms with E-state index in [9.17, 15) is 9.59 Å². The second-order valence-electron chi connectivity index (χ2n) is 7.47. The molecule has 0 aliphatic heterocycles. The van der Waals surface area contributed by atoms with Crippen molar-refractivity contribution in [2.75, 3.05) is 0 Å². The molecule has 0 spiro atoms. The molecule has 1 fully saturated rings. The lowest BCUT2D eigenvalue weighted by atomic mass is 9.95. The summed E-state index contributed by atoms with van der Waals surface area (Å²) in [6.45, 7) is 6.67. The summed E-state index contributed by atoms with van der Waals surface area (Å²) in [5.41, 5.74) is 2.24. The summed E-state index contributed by atoms with van der Waals surface area (Å²) in [5.74, 6) is -1.62. The molecule has 0 aromatic heterocycles. The fourth-order valence-electron chi connectivity index (χ4n) is 3.32. The average Bonchev–Trinajstić information content (AvgIpc) is 3.06. The van der Waals surface area contributed by atoms with Gasteiger partial charge < -0.3 is 9.47 Å². The third-order valence-electron chi connectivity index (χ3n) is 4.83. The van der Waals surface area contributed by atoms with Crippen LogP contribution in [-0.4, -0.2) is 17.7 Å². The molecule has 25 heavy (non-hydrogen) atoms. The summed E-state index contributed by atoms with van der Waals surface area (Å²) < 4.78 is 10.5. The Hall–Kier alpha value is -1.84. The highest BCUT2D eigenvalue weighted by atomic mass is 16.7. The minimum atomic E-state index is -1.25. The van der Waals surface area contributed by atoms with Crippen LogP contribution in [0, 0.1) is 5.92 Å². The maximum Gasteiger partial charge on any atom is 0.316 e. The highest BCUT2D eigenvalue weighted by Gasteiger charge is 2.29. The van der Waals surface area contributed by atoms with Crippen LogP contribution in [0.4, 0.5) is 0 Å². The van der Waals surface area contributed by atoms with Crippen molar-refractivity contribution < 1.29 is 19.1 Å². The van der Waals surface area contributed by atoms with E-state index in [1.165, 1.54) is 31.2 Å². The van der Waals surface area contributed by atoms with Gasteiger partial charge >= 0.3 is 11.9 Å². The van der Waals surface area contributed by atoms with Crippen molar-refractivity contribution in [1.82, 2.24) is 0 Å². The Bertz CT molecular complexity index is 582. The van der Waals surface area contributed by atoms with Crippen LogP contribution in [-0.2, 0) is 25.5 Å². The fraction of sp³-hybridized carbons (Fsp3) is 0.619. The second kappa shape index (κ2) is 8.50. The Balaban J connectivity index is 1.93. The lowest BCUT2D eigenvalue weighted by Gasteiger charge is -2.26. The lowest BCUT2D eigenvalue weighted by molar-refractivity contribution is -0.216. The van der Waals surface area contributed by atoms with E-state index >= 15 is 0 Å². The summed E-state index contributed by atoms with van der Waals surface area (Å²) in [6.07, 6.45) is 6.73. The summed E-state index contributed by atoms with van der Waals surface area (Å²) >= 11 is 0. The van der Waals surface area contributed by atoms with Crippen molar-refractivity contribution in [2.24, 2.45) is 5.92 Å². The standard InChI is InChI=1S/C21H30O4/c1-5-19(22)24-21(3,4)25-20(23)15(2)18-12-10-17(11-13-18)14-16-8-6-7-9-16/h10-13,15-16H,5-9,14H2,1-4H3. The van der Waals surface area contributed by atoms with Crippen molar-refractivity contribution >= 4 is 11.9 Å². The molecule has 1 unspecified atom stereocenters. The van der Waals surface area contributed by atoms with E-state index < -0.39 is 17.7 Å². The van der Waals surface area contributed by atoms with Gasteiger partial charge in [-0.2, -0.15) is 0 Å². The van der Waals surface area contributed by atoms with E-state index in [-0.39, 0.29) is 12.4 Å². The first-order valence-corrected chi connectivity index (χ1v) is 9.34. The van der Waals surface area contributed by atoms with Crippen LogP contribution in [0.2, 0.25) is 0 Å². The normalized spacial score (nSPS) is 16.5. The van der Waals surface area contributed by atoms with Crippen molar-refractivity contribution in [1.29, 1.82) is 0 Å². The molecule has 0 heterocycles. The van der Waals surface area contributed by atoms with Gasteiger partial charge in [-0.05, 0) is 30.4 Å². The third-order valence-corrected chi connectivity index (χ3v) is 4.83. The zero-order valence-electron chi connectivity index (χ0n) is 15.8. The number of esters is 2. The van der Waals surface area contributed by atoms with E-state index in [0.717, 1.165) is 17.9 Å². The SMILES string of the molecule is CCC(=O)OC(C)(C)OC(=O)C(C)c1ccc(CC2CCCC2)cc1. The topological polar surface area (TPSA) is 52.6 Å². The molecule has 138 valence electrons. The van der Waals surface area contributed by atoms with Gasteiger partial charge in [-0.15, -0.1) is 0 Å². The Morgan fingerprint density at radius 1 is 1.12 bits per heavy atom. The van der Waals surface area contributed by atoms with Gasteiger partial charge in [-0.3, -0.25) is 9.59 Å². The highest BCUT2D eigenvalue weighted by molar-refractivity contribution is 5.78. The van der Waals surface area contributed by atoms with Gasteiger partial charge in [0.05, 0.1) is 5.92 Å². The first-order chi connectivity index (χ1) is 11.8. The van der Waals surface area contributed by atoms with E-state index in [1.54, 1.807) is 20.8 Å². The van der Waals surface area contributed by atoms with Crippen molar-refractivity contribution in [2.45, 2.75) is 77.9 Å². The molecule has 1 aromatic rings. The molecular weight excluding hydrogens is 316 g/mol. The second-order valence-corrected chi connectivity index (χ2v) is 7.47. The molecule has 4 nitrogen and oxygen atoms in total. The highest BCUT2D eigenvalue weighted by Crippen LogP contribution is 2.29. The largest absolute Gasteiger partial charge is 0.423 e. The minimum absolute atomic E-state index is 0.249. The van der Waals surface area contributed by atoms with Crippen LogP contribution in [0.5, 0.6) is 0 Å². The van der Waals surface area contributed by atoms with E-state index in [2.05, 4.69) is 12.1 Å². The van der Waals surface area contributed by atoms with Gasteiger partial charge in [-0.25, -0.2) is 0 Å². The predicted molar refractivity (Wildman–Crippen MR) is 97.1 cm³/mol. The number of hydrogen-bond donors (Lipinski definition) is 0. The number of hydrogen-bond acceptors (Lipinski definition) is 4. The number of carbonyl (C=O) groups excluding carboxylic acids is 2. The smallest absolute Gasteiger partial charge is 0.316 e. The summed E-state index contributed by atoms with van der Waals surface area (Å²) in [4.78, 5) is 23.8. The van der Waals surface area contributed by atoms with Crippen LogP contribution >= 0.6 is 0 Å². The first-order valence-electron chi connectivity index (χ1n) is 9.34. The number of rotatable bonds is 7. The van der Waals surface area contributed by atoms with Crippen LogP contribution in [0.3, 0.4) is 0 Å². The molecule has 1 aliphatic carbocycles. The Morgan fingerprint density at radius 2 is 1.72 bits per heavy atom. The molecule has 2 rings (SSSR count). The molecule has 0 amide bonds. The minimum Gasteiger partial charge on any atom is -0.423 e. The zero-order valence-corrected chi connectivity index (χ0v) is 15.8. The maximum absolute atomic E-state index is 12.4. The van der Waals surface area contributed by atoms with Crippen molar-refractivity contribution in [3.8, 4) is 0 Å². The van der Waals surface area contributed by atoms with E-state index in [0.29, 0.717) is 0 Å². The first kappa shape index (κ1) is 19.5. The van der Waals surface area contributed by atoms with Crippen LogP contribution in [0.1, 0.15) is 76.8 Å². The van der Waals surface area contributed by atoms with Gasteiger partial charge in [0.25, 0.3) is 5.79 Å². The maximum atomic E-state index is 12.4.